The van der Waals surface area contributed by atoms with Crippen LogP contribution in [-0.2, 0) is 10.8 Å². The minimum Gasteiger partial charge on any atom is -0.315 e. The first-order valence-corrected chi connectivity index (χ1v) is 7.38. The van der Waals surface area contributed by atoms with Gasteiger partial charge in [0.25, 0.3) is 0 Å². The Balaban J connectivity index is 2.05. The highest BCUT2D eigenvalue weighted by molar-refractivity contribution is 7.85. The van der Waals surface area contributed by atoms with Gasteiger partial charge in [0.15, 0.2) is 10.2 Å². The molecule has 0 amide bonds. The molecule has 1 aromatic carbocycles. The third kappa shape index (κ3) is 2.13. The van der Waals surface area contributed by atoms with Crippen LogP contribution in [0.1, 0.15) is 6.42 Å². The fraction of sp³-hybridized carbons (Fsp3) is 0.333. The summed E-state index contributed by atoms with van der Waals surface area (Å²) in [6.45, 7) is 1.65. The molecule has 18 heavy (non-hydrogen) atoms. The quantitative estimate of drug-likeness (QED) is 0.911. The van der Waals surface area contributed by atoms with Crippen molar-refractivity contribution in [3.05, 3.63) is 29.4 Å². The van der Waals surface area contributed by atoms with E-state index >= 15 is 0 Å². The zero-order valence-corrected chi connectivity index (χ0v) is 11.2. The van der Waals surface area contributed by atoms with Gasteiger partial charge in [0.05, 0.1) is 27.1 Å². The second-order valence-electron chi connectivity index (χ2n) is 4.22. The van der Waals surface area contributed by atoms with Crippen molar-refractivity contribution < 1.29 is 4.21 Å². The van der Waals surface area contributed by atoms with E-state index in [-0.39, 0.29) is 10.4 Å². The predicted molar refractivity (Wildman–Crippen MR) is 72.2 cm³/mol. The molecule has 1 fully saturated rings. The summed E-state index contributed by atoms with van der Waals surface area (Å²) in [5.41, 5.74) is 1.46. The maximum atomic E-state index is 12.4. The number of nitrogens with one attached hydrogen (secondary N) is 1. The van der Waals surface area contributed by atoms with Crippen molar-refractivity contribution in [2.24, 2.45) is 0 Å². The van der Waals surface area contributed by atoms with E-state index in [2.05, 4.69) is 15.3 Å². The second-order valence-corrected chi connectivity index (χ2v) is 6.23. The van der Waals surface area contributed by atoms with Crippen molar-refractivity contribution in [2.45, 2.75) is 16.7 Å². The van der Waals surface area contributed by atoms with Gasteiger partial charge in [-0.15, -0.1) is 0 Å². The second kappa shape index (κ2) is 4.91. The highest BCUT2D eigenvalue weighted by Gasteiger charge is 2.25. The number of benzene rings is 1. The Bertz CT molecular complexity index is 613. The van der Waals surface area contributed by atoms with E-state index in [1.165, 1.54) is 0 Å². The molecule has 2 aromatic rings. The van der Waals surface area contributed by atoms with Gasteiger partial charge in [-0.25, -0.2) is 9.97 Å². The summed E-state index contributed by atoms with van der Waals surface area (Å²) in [6.07, 6.45) is 0.886. The summed E-state index contributed by atoms with van der Waals surface area (Å²) in [7, 11) is -1.19. The van der Waals surface area contributed by atoms with Crippen LogP contribution in [0.4, 0.5) is 0 Å². The first-order valence-electron chi connectivity index (χ1n) is 5.79. The minimum atomic E-state index is -1.19. The van der Waals surface area contributed by atoms with E-state index in [4.69, 9.17) is 11.6 Å². The molecular weight excluding hydrogens is 270 g/mol. The lowest BCUT2D eigenvalue weighted by molar-refractivity contribution is 0.669. The maximum absolute atomic E-state index is 12.4. The molecule has 6 heteroatoms. The first kappa shape index (κ1) is 12.0. The highest BCUT2D eigenvalue weighted by Crippen LogP contribution is 2.23. The summed E-state index contributed by atoms with van der Waals surface area (Å²) in [6, 6.07) is 7.46. The molecule has 1 aromatic heterocycles. The van der Waals surface area contributed by atoms with Crippen LogP contribution in [0.3, 0.4) is 0 Å². The minimum absolute atomic E-state index is 0.0814. The standard InChI is InChI=1S/C12H12ClN3OS/c13-11-12(18(17)8-5-6-14-7-8)16-10-4-2-1-3-9(10)15-11/h1-4,8,14H,5-7H2/t8-,18?/m0/s1. The topological polar surface area (TPSA) is 54.9 Å². The van der Waals surface area contributed by atoms with Gasteiger partial charge >= 0.3 is 0 Å². The molecule has 1 N–H and O–H groups in total. The van der Waals surface area contributed by atoms with E-state index in [1.807, 2.05) is 24.3 Å². The summed E-state index contributed by atoms with van der Waals surface area (Å²) in [5, 5.41) is 3.93. The normalized spacial score (nSPS) is 21.3. The number of fused-ring (bicyclic) bond motifs is 1. The van der Waals surface area contributed by atoms with Gasteiger partial charge < -0.3 is 5.32 Å². The molecule has 0 radical (unpaired) electrons. The molecule has 2 heterocycles. The fourth-order valence-corrected chi connectivity index (χ4v) is 3.74. The van der Waals surface area contributed by atoms with Gasteiger partial charge in [-0.2, -0.15) is 0 Å². The summed E-state index contributed by atoms with van der Waals surface area (Å²) in [4.78, 5) is 8.65. The molecule has 0 saturated carbocycles. The van der Waals surface area contributed by atoms with Gasteiger partial charge in [-0.3, -0.25) is 4.21 Å². The molecule has 0 aliphatic carbocycles. The van der Waals surface area contributed by atoms with Gasteiger partial charge in [-0.05, 0) is 25.1 Å². The number of aromatic nitrogens is 2. The van der Waals surface area contributed by atoms with Gasteiger partial charge in [-0.1, -0.05) is 23.7 Å². The van der Waals surface area contributed by atoms with Crippen LogP contribution in [0.15, 0.2) is 29.3 Å². The van der Waals surface area contributed by atoms with E-state index in [0.717, 1.165) is 30.5 Å². The Labute approximate surface area is 112 Å². The molecule has 1 saturated heterocycles. The Morgan fingerprint density at radius 1 is 1.28 bits per heavy atom. The number of hydrogen-bond donors (Lipinski definition) is 1. The number of nitrogens with zero attached hydrogens (tertiary/aromatic N) is 2. The van der Waals surface area contributed by atoms with Crippen LogP contribution in [0.5, 0.6) is 0 Å². The number of hydrogen-bond acceptors (Lipinski definition) is 4. The smallest absolute Gasteiger partial charge is 0.165 e. The lowest BCUT2D eigenvalue weighted by Gasteiger charge is -2.09. The van der Waals surface area contributed by atoms with Gasteiger partial charge in [0, 0.05) is 6.54 Å². The van der Waals surface area contributed by atoms with Crippen LogP contribution in [0.25, 0.3) is 11.0 Å². The monoisotopic (exact) mass is 281 g/mol. The number of halogens is 1. The molecule has 3 rings (SSSR count). The zero-order valence-electron chi connectivity index (χ0n) is 9.60. The summed E-state index contributed by atoms with van der Waals surface area (Å²) >= 11 is 6.09. The van der Waals surface area contributed by atoms with Crippen LogP contribution >= 0.6 is 11.6 Å². The Morgan fingerprint density at radius 3 is 2.67 bits per heavy atom. The van der Waals surface area contributed by atoms with Crippen molar-refractivity contribution in [3.8, 4) is 0 Å². The van der Waals surface area contributed by atoms with Crippen LogP contribution in [0.2, 0.25) is 5.15 Å². The lowest BCUT2D eigenvalue weighted by Crippen LogP contribution is -2.20. The van der Waals surface area contributed by atoms with Crippen molar-refractivity contribution in [3.63, 3.8) is 0 Å². The fourth-order valence-electron chi connectivity index (χ4n) is 2.06. The molecule has 1 unspecified atom stereocenters. The predicted octanol–water partition coefficient (Wildman–Crippen LogP) is 1.75. The van der Waals surface area contributed by atoms with E-state index in [0.29, 0.717) is 5.03 Å². The van der Waals surface area contributed by atoms with E-state index in [1.54, 1.807) is 0 Å². The largest absolute Gasteiger partial charge is 0.315 e. The first-order chi connectivity index (χ1) is 8.75. The molecule has 2 atom stereocenters. The molecule has 0 bridgehead atoms. The average molecular weight is 282 g/mol. The third-order valence-corrected chi connectivity index (χ3v) is 5.06. The highest BCUT2D eigenvalue weighted by atomic mass is 35.5. The number of rotatable bonds is 2. The van der Waals surface area contributed by atoms with E-state index in [9.17, 15) is 4.21 Å². The van der Waals surface area contributed by atoms with Crippen LogP contribution in [-0.4, -0.2) is 32.5 Å². The van der Waals surface area contributed by atoms with E-state index < -0.39 is 10.8 Å². The summed E-state index contributed by atoms with van der Waals surface area (Å²) in [5.74, 6) is 0. The Kier molecular flexibility index (Phi) is 3.28. The van der Waals surface area contributed by atoms with Gasteiger partial charge in [0.2, 0.25) is 0 Å². The van der Waals surface area contributed by atoms with Crippen LogP contribution in [0, 0.1) is 0 Å². The van der Waals surface area contributed by atoms with Crippen molar-refractivity contribution >= 4 is 33.4 Å². The molecular formula is C12H12ClN3OS. The van der Waals surface area contributed by atoms with Crippen molar-refractivity contribution in [2.75, 3.05) is 13.1 Å². The zero-order chi connectivity index (χ0) is 12.5. The Hall–Kier alpha value is -1.04. The third-order valence-electron chi connectivity index (χ3n) is 3.01. The Morgan fingerprint density at radius 2 is 2.00 bits per heavy atom. The molecule has 1 aliphatic rings. The maximum Gasteiger partial charge on any atom is 0.165 e. The average Bonchev–Trinajstić information content (AvgIpc) is 2.91. The molecule has 94 valence electrons. The SMILES string of the molecule is O=S(c1nc2ccccc2nc1Cl)[C@H]1CCNC1. The molecule has 1 aliphatic heterocycles. The summed E-state index contributed by atoms with van der Waals surface area (Å²) < 4.78 is 12.4. The van der Waals surface area contributed by atoms with Crippen molar-refractivity contribution in [1.29, 1.82) is 0 Å². The number of para-hydroxylation sites is 2. The van der Waals surface area contributed by atoms with Gasteiger partial charge in [0.1, 0.15) is 0 Å². The molecule has 4 nitrogen and oxygen atoms in total. The van der Waals surface area contributed by atoms with Crippen molar-refractivity contribution in [1.82, 2.24) is 15.3 Å². The van der Waals surface area contributed by atoms with Crippen LogP contribution < -0.4 is 5.32 Å². The lowest BCUT2D eigenvalue weighted by atomic mass is 10.3. The molecule has 0 spiro atoms.